The summed E-state index contributed by atoms with van der Waals surface area (Å²) in [6, 6.07) is 9.57. The fourth-order valence-corrected chi connectivity index (χ4v) is 4.14. The zero-order valence-electron chi connectivity index (χ0n) is 19.1. The van der Waals surface area contributed by atoms with Crippen LogP contribution in [0.4, 0.5) is 13.2 Å². The number of hydrogen-bond donors (Lipinski definition) is 2. The molecular formula is C25H33ClF3NO2. The van der Waals surface area contributed by atoms with Gasteiger partial charge >= 0.3 is 6.36 Å². The summed E-state index contributed by atoms with van der Waals surface area (Å²) in [5, 5.41) is 14.7. The van der Waals surface area contributed by atoms with E-state index in [2.05, 4.69) is 37.7 Å². The molecule has 0 bridgehead atoms. The quantitative estimate of drug-likeness (QED) is 0.474. The molecule has 3 rings (SSSR count). The molecule has 2 N–H and O–H groups in total. The number of ether oxygens (including phenoxy) is 1. The molecule has 7 heteroatoms. The van der Waals surface area contributed by atoms with Gasteiger partial charge in [0.15, 0.2) is 0 Å². The lowest BCUT2D eigenvalue weighted by Crippen LogP contribution is -2.43. The van der Waals surface area contributed by atoms with Crippen LogP contribution in [-0.4, -0.2) is 17.0 Å². The van der Waals surface area contributed by atoms with Gasteiger partial charge in [-0.25, -0.2) is 0 Å². The van der Waals surface area contributed by atoms with Crippen LogP contribution in [0.15, 0.2) is 36.4 Å². The third kappa shape index (κ3) is 6.79. The molecule has 0 amide bonds. The van der Waals surface area contributed by atoms with Gasteiger partial charge < -0.3 is 15.2 Å². The van der Waals surface area contributed by atoms with Gasteiger partial charge in [0.2, 0.25) is 0 Å². The molecule has 1 aliphatic rings. The average Bonchev–Trinajstić information content (AvgIpc) is 2.66. The molecule has 0 saturated heterocycles. The number of phenols is 1. The van der Waals surface area contributed by atoms with Gasteiger partial charge in [0.05, 0.1) is 0 Å². The van der Waals surface area contributed by atoms with Crippen LogP contribution in [0, 0.1) is 0 Å². The van der Waals surface area contributed by atoms with Crippen molar-refractivity contribution in [1.29, 1.82) is 0 Å². The summed E-state index contributed by atoms with van der Waals surface area (Å²) in [5.41, 5.74) is 3.01. The number of phenolic OH excluding ortho intramolecular Hbond substituents is 1. The predicted molar refractivity (Wildman–Crippen MR) is 125 cm³/mol. The molecule has 1 fully saturated rings. The van der Waals surface area contributed by atoms with Gasteiger partial charge in [-0.1, -0.05) is 58.2 Å². The molecule has 2 aromatic carbocycles. The van der Waals surface area contributed by atoms with Crippen LogP contribution in [0.25, 0.3) is 11.1 Å². The Balaban J connectivity index is 0.00000363. The highest BCUT2D eigenvalue weighted by molar-refractivity contribution is 5.85. The largest absolute Gasteiger partial charge is 0.573 e. The first-order valence-electron chi connectivity index (χ1n) is 10.8. The lowest BCUT2D eigenvalue weighted by atomic mass is 9.82. The first-order valence-corrected chi connectivity index (χ1v) is 10.8. The summed E-state index contributed by atoms with van der Waals surface area (Å²) in [7, 11) is 0. The van der Waals surface area contributed by atoms with E-state index in [-0.39, 0.29) is 34.9 Å². The third-order valence-electron chi connectivity index (χ3n) is 6.12. The summed E-state index contributed by atoms with van der Waals surface area (Å²) < 4.78 is 41.4. The summed E-state index contributed by atoms with van der Waals surface area (Å²) >= 11 is 0. The van der Waals surface area contributed by atoms with Crippen LogP contribution < -0.4 is 10.1 Å². The van der Waals surface area contributed by atoms with Crippen LogP contribution >= 0.6 is 12.4 Å². The van der Waals surface area contributed by atoms with Crippen molar-refractivity contribution < 1.29 is 23.0 Å². The van der Waals surface area contributed by atoms with E-state index in [0.717, 1.165) is 24.0 Å². The molecule has 0 aromatic heterocycles. The van der Waals surface area contributed by atoms with Crippen molar-refractivity contribution in [3.8, 4) is 22.6 Å². The van der Waals surface area contributed by atoms with E-state index in [0.29, 0.717) is 17.7 Å². The molecular weight excluding hydrogens is 439 g/mol. The first kappa shape index (κ1) is 26.3. The smallest absolute Gasteiger partial charge is 0.507 e. The van der Waals surface area contributed by atoms with Gasteiger partial charge in [0.25, 0.3) is 0 Å². The first-order chi connectivity index (χ1) is 14.4. The highest BCUT2D eigenvalue weighted by atomic mass is 35.5. The number of alkyl halides is 3. The Labute approximate surface area is 194 Å². The molecule has 0 spiro atoms. The Kier molecular flexibility index (Phi) is 8.16. The Morgan fingerprint density at radius 3 is 2.12 bits per heavy atom. The molecule has 178 valence electrons. The van der Waals surface area contributed by atoms with Crippen LogP contribution in [0.5, 0.6) is 11.5 Å². The Morgan fingerprint density at radius 2 is 1.59 bits per heavy atom. The highest BCUT2D eigenvalue weighted by Gasteiger charge is 2.31. The molecule has 1 saturated carbocycles. The standard InChI is InChI=1S/C25H32F3NO2.ClH/c1-23(2,3)19-14-18(16-29-24(4)12-6-5-7-13-24)22(30)21(15-19)17-8-10-20(11-9-17)31-25(26,27)28;/h8-11,14-15,29-30H,5-7,12-13,16H2,1-4H3;1H. The van der Waals surface area contributed by atoms with Crippen LogP contribution in [0.3, 0.4) is 0 Å². The van der Waals surface area contributed by atoms with Gasteiger partial charge in [-0.15, -0.1) is 25.6 Å². The topological polar surface area (TPSA) is 41.5 Å². The van der Waals surface area contributed by atoms with Gasteiger partial charge in [0, 0.05) is 23.2 Å². The second-order valence-electron chi connectivity index (χ2n) is 9.83. The van der Waals surface area contributed by atoms with E-state index in [4.69, 9.17) is 0 Å². The zero-order chi connectivity index (χ0) is 22.9. The molecule has 0 aliphatic heterocycles. The minimum atomic E-state index is -4.73. The van der Waals surface area contributed by atoms with Gasteiger partial charge in [-0.3, -0.25) is 0 Å². The Morgan fingerprint density at radius 1 is 1.00 bits per heavy atom. The Bertz CT molecular complexity index is 899. The van der Waals surface area contributed by atoms with Gasteiger partial charge in [-0.2, -0.15) is 0 Å². The molecule has 0 atom stereocenters. The van der Waals surface area contributed by atoms with E-state index in [9.17, 15) is 18.3 Å². The van der Waals surface area contributed by atoms with Gasteiger partial charge in [-0.05, 0) is 54.5 Å². The summed E-state index contributed by atoms with van der Waals surface area (Å²) in [5.74, 6) is -0.126. The molecule has 1 aliphatic carbocycles. The average molecular weight is 472 g/mol. The van der Waals surface area contributed by atoms with E-state index in [1.54, 1.807) is 12.1 Å². The SMILES string of the molecule is CC1(NCc2cc(C(C)(C)C)cc(-c3ccc(OC(F)(F)F)cc3)c2O)CCCCC1.Cl. The van der Waals surface area contributed by atoms with E-state index >= 15 is 0 Å². The molecule has 0 heterocycles. The van der Waals surface area contributed by atoms with Crippen molar-refractivity contribution in [3.05, 3.63) is 47.5 Å². The van der Waals surface area contributed by atoms with Crippen molar-refractivity contribution in [3.63, 3.8) is 0 Å². The number of hydrogen-bond acceptors (Lipinski definition) is 3. The van der Waals surface area contributed by atoms with E-state index < -0.39 is 6.36 Å². The minimum Gasteiger partial charge on any atom is -0.507 e. The second-order valence-corrected chi connectivity index (χ2v) is 9.83. The van der Waals surface area contributed by atoms with E-state index in [1.807, 2.05) is 12.1 Å². The lowest BCUT2D eigenvalue weighted by molar-refractivity contribution is -0.274. The maximum atomic E-state index is 12.5. The van der Waals surface area contributed by atoms with Gasteiger partial charge in [0.1, 0.15) is 11.5 Å². The van der Waals surface area contributed by atoms with Crippen LogP contribution in [0.1, 0.15) is 70.9 Å². The third-order valence-corrected chi connectivity index (χ3v) is 6.12. The van der Waals surface area contributed by atoms with Crippen molar-refractivity contribution >= 4 is 12.4 Å². The van der Waals surface area contributed by atoms with Crippen molar-refractivity contribution in [1.82, 2.24) is 5.32 Å². The highest BCUT2D eigenvalue weighted by Crippen LogP contribution is 2.39. The van der Waals surface area contributed by atoms with Crippen molar-refractivity contribution in [2.24, 2.45) is 0 Å². The molecule has 2 aromatic rings. The minimum absolute atomic E-state index is 0. The summed E-state index contributed by atoms with van der Waals surface area (Å²) in [6.45, 7) is 9.07. The maximum absolute atomic E-state index is 12.5. The zero-order valence-corrected chi connectivity index (χ0v) is 19.9. The van der Waals surface area contributed by atoms with Crippen molar-refractivity contribution in [2.45, 2.75) is 83.7 Å². The molecule has 32 heavy (non-hydrogen) atoms. The number of aromatic hydroxyl groups is 1. The molecule has 0 unspecified atom stereocenters. The molecule has 0 radical (unpaired) electrons. The number of benzene rings is 2. The lowest BCUT2D eigenvalue weighted by Gasteiger charge is -2.35. The predicted octanol–water partition coefficient (Wildman–Crippen LogP) is 7.49. The molecule has 3 nitrogen and oxygen atoms in total. The summed E-state index contributed by atoms with van der Waals surface area (Å²) in [4.78, 5) is 0. The fraction of sp³-hybridized carbons (Fsp3) is 0.520. The fourth-order valence-electron chi connectivity index (χ4n) is 4.14. The monoisotopic (exact) mass is 471 g/mol. The number of halogens is 4. The van der Waals surface area contributed by atoms with Crippen molar-refractivity contribution in [2.75, 3.05) is 0 Å². The van der Waals surface area contributed by atoms with Crippen LogP contribution in [-0.2, 0) is 12.0 Å². The summed E-state index contributed by atoms with van der Waals surface area (Å²) in [6.07, 6.45) is 1.16. The number of nitrogens with one attached hydrogen (secondary N) is 1. The second kappa shape index (κ2) is 9.92. The number of rotatable bonds is 5. The normalized spacial score (nSPS) is 16.3. The Hall–Kier alpha value is -1.92. The maximum Gasteiger partial charge on any atom is 0.573 e. The van der Waals surface area contributed by atoms with Crippen LogP contribution in [0.2, 0.25) is 0 Å². The van der Waals surface area contributed by atoms with E-state index in [1.165, 1.54) is 31.4 Å².